The molecule has 0 amide bonds. The van der Waals surface area contributed by atoms with Crippen molar-refractivity contribution in [1.29, 1.82) is 0 Å². The third-order valence-corrected chi connectivity index (χ3v) is 3.01. The molecular formula is C15H13ClO2. The Kier molecular flexibility index (Phi) is 4.00. The van der Waals surface area contributed by atoms with Gasteiger partial charge in [0.15, 0.2) is 6.29 Å². The second kappa shape index (κ2) is 5.69. The molecule has 0 aliphatic carbocycles. The minimum absolute atomic E-state index is 0.400. The van der Waals surface area contributed by atoms with Gasteiger partial charge in [0.1, 0.15) is 11.5 Å². The lowest BCUT2D eigenvalue weighted by Crippen LogP contribution is -1.91. The van der Waals surface area contributed by atoms with Crippen molar-refractivity contribution in [3.05, 3.63) is 58.6 Å². The number of carbonyl (C=O) groups excluding carboxylic acids is 1. The van der Waals surface area contributed by atoms with E-state index < -0.39 is 0 Å². The van der Waals surface area contributed by atoms with Crippen molar-refractivity contribution >= 4 is 17.9 Å². The van der Waals surface area contributed by atoms with Gasteiger partial charge in [0.25, 0.3) is 0 Å². The minimum Gasteiger partial charge on any atom is -0.457 e. The standard InChI is InChI=1S/C15H13ClO2/c1-2-11-5-3-4-6-15(11)18-13-8-7-12(10-17)14(16)9-13/h3-10H,2H2,1H3. The highest BCUT2D eigenvalue weighted by molar-refractivity contribution is 6.33. The van der Waals surface area contributed by atoms with Gasteiger partial charge in [0, 0.05) is 11.6 Å². The zero-order chi connectivity index (χ0) is 13.0. The first-order valence-corrected chi connectivity index (χ1v) is 6.13. The summed E-state index contributed by atoms with van der Waals surface area (Å²) in [7, 11) is 0. The molecule has 0 heterocycles. The predicted molar refractivity (Wildman–Crippen MR) is 72.7 cm³/mol. The number of halogens is 1. The van der Waals surface area contributed by atoms with E-state index >= 15 is 0 Å². The molecule has 0 saturated carbocycles. The molecule has 2 aromatic rings. The average Bonchev–Trinajstić information content (AvgIpc) is 2.39. The number of para-hydroxylation sites is 1. The Balaban J connectivity index is 2.28. The highest BCUT2D eigenvalue weighted by Crippen LogP contribution is 2.28. The number of rotatable bonds is 4. The van der Waals surface area contributed by atoms with Crippen LogP contribution in [0, 0.1) is 0 Å². The van der Waals surface area contributed by atoms with Crippen molar-refractivity contribution in [2.75, 3.05) is 0 Å². The van der Waals surface area contributed by atoms with E-state index in [1.54, 1.807) is 18.2 Å². The van der Waals surface area contributed by atoms with Gasteiger partial charge in [0.2, 0.25) is 0 Å². The van der Waals surface area contributed by atoms with Crippen LogP contribution in [0.5, 0.6) is 11.5 Å². The van der Waals surface area contributed by atoms with E-state index in [0.717, 1.165) is 24.0 Å². The second-order valence-corrected chi connectivity index (χ2v) is 4.27. The third kappa shape index (κ3) is 2.71. The molecule has 0 bridgehead atoms. The number of hydrogen-bond acceptors (Lipinski definition) is 2. The van der Waals surface area contributed by atoms with Crippen LogP contribution in [0.15, 0.2) is 42.5 Å². The predicted octanol–water partition coefficient (Wildman–Crippen LogP) is 4.51. The molecule has 3 heteroatoms. The van der Waals surface area contributed by atoms with Crippen LogP contribution in [0.1, 0.15) is 22.8 Å². The van der Waals surface area contributed by atoms with Gasteiger partial charge in [-0.3, -0.25) is 4.79 Å². The maximum Gasteiger partial charge on any atom is 0.151 e. The van der Waals surface area contributed by atoms with Crippen molar-refractivity contribution in [2.45, 2.75) is 13.3 Å². The molecule has 0 unspecified atom stereocenters. The lowest BCUT2D eigenvalue weighted by Gasteiger charge is -2.10. The molecule has 18 heavy (non-hydrogen) atoms. The Labute approximate surface area is 111 Å². The van der Waals surface area contributed by atoms with Gasteiger partial charge >= 0.3 is 0 Å². The second-order valence-electron chi connectivity index (χ2n) is 3.86. The summed E-state index contributed by atoms with van der Waals surface area (Å²) in [4.78, 5) is 10.7. The van der Waals surface area contributed by atoms with Gasteiger partial charge in [0.05, 0.1) is 5.02 Å². The Morgan fingerprint density at radius 2 is 2.00 bits per heavy atom. The molecule has 0 spiro atoms. The molecule has 0 aliphatic rings. The number of carbonyl (C=O) groups is 1. The van der Waals surface area contributed by atoms with Crippen molar-refractivity contribution < 1.29 is 9.53 Å². The smallest absolute Gasteiger partial charge is 0.151 e. The van der Waals surface area contributed by atoms with Crippen LogP contribution in [0.2, 0.25) is 5.02 Å². The van der Waals surface area contributed by atoms with E-state index in [1.807, 2.05) is 24.3 Å². The lowest BCUT2D eigenvalue weighted by atomic mass is 10.1. The summed E-state index contributed by atoms with van der Waals surface area (Å²) in [5, 5.41) is 0.400. The number of hydrogen-bond donors (Lipinski definition) is 0. The fraction of sp³-hybridized carbons (Fsp3) is 0.133. The molecule has 92 valence electrons. The number of aryl methyl sites for hydroxylation is 1. The van der Waals surface area contributed by atoms with E-state index in [9.17, 15) is 4.79 Å². The van der Waals surface area contributed by atoms with Gasteiger partial charge in [-0.1, -0.05) is 36.7 Å². The normalized spacial score (nSPS) is 10.1. The topological polar surface area (TPSA) is 26.3 Å². The molecule has 0 N–H and O–H groups in total. The van der Waals surface area contributed by atoms with Crippen molar-refractivity contribution in [2.24, 2.45) is 0 Å². The zero-order valence-electron chi connectivity index (χ0n) is 10.0. The van der Waals surface area contributed by atoms with Crippen LogP contribution in [-0.4, -0.2) is 6.29 Å². The molecule has 2 rings (SSSR count). The van der Waals surface area contributed by atoms with Gasteiger partial charge in [-0.25, -0.2) is 0 Å². The van der Waals surface area contributed by atoms with E-state index in [-0.39, 0.29) is 0 Å². The minimum atomic E-state index is 0.400. The number of benzene rings is 2. The van der Waals surface area contributed by atoms with E-state index in [0.29, 0.717) is 16.3 Å². The number of aldehydes is 1. The van der Waals surface area contributed by atoms with Crippen LogP contribution in [0.3, 0.4) is 0 Å². The van der Waals surface area contributed by atoms with Crippen LogP contribution < -0.4 is 4.74 Å². The first kappa shape index (κ1) is 12.7. The molecule has 0 aliphatic heterocycles. The molecule has 0 saturated heterocycles. The third-order valence-electron chi connectivity index (χ3n) is 2.68. The highest BCUT2D eigenvalue weighted by Gasteiger charge is 2.05. The maximum absolute atomic E-state index is 10.7. The molecule has 2 nitrogen and oxygen atoms in total. The lowest BCUT2D eigenvalue weighted by molar-refractivity contribution is 0.112. The van der Waals surface area contributed by atoms with Gasteiger partial charge in [-0.15, -0.1) is 0 Å². The Morgan fingerprint density at radius 3 is 2.67 bits per heavy atom. The van der Waals surface area contributed by atoms with Gasteiger partial charge < -0.3 is 4.74 Å². The van der Waals surface area contributed by atoms with Crippen LogP contribution in [0.4, 0.5) is 0 Å². The largest absolute Gasteiger partial charge is 0.457 e. The quantitative estimate of drug-likeness (QED) is 0.756. The molecule has 0 aromatic heterocycles. The molecule has 2 aromatic carbocycles. The molecule has 0 radical (unpaired) electrons. The van der Waals surface area contributed by atoms with Gasteiger partial charge in [-0.2, -0.15) is 0 Å². The summed E-state index contributed by atoms with van der Waals surface area (Å²) < 4.78 is 5.78. The Hall–Kier alpha value is -1.80. The SMILES string of the molecule is CCc1ccccc1Oc1ccc(C=O)c(Cl)c1. The number of ether oxygens (including phenoxy) is 1. The average molecular weight is 261 g/mol. The van der Waals surface area contributed by atoms with Crippen LogP contribution in [0.25, 0.3) is 0 Å². The zero-order valence-corrected chi connectivity index (χ0v) is 10.8. The molecular weight excluding hydrogens is 248 g/mol. The van der Waals surface area contributed by atoms with Gasteiger partial charge in [-0.05, 0) is 30.2 Å². The van der Waals surface area contributed by atoms with Crippen molar-refractivity contribution in [3.8, 4) is 11.5 Å². The Bertz CT molecular complexity index is 564. The summed E-state index contributed by atoms with van der Waals surface area (Å²) in [5.74, 6) is 1.45. The highest BCUT2D eigenvalue weighted by atomic mass is 35.5. The first-order chi connectivity index (χ1) is 8.74. The monoisotopic (exact) mass is 260 g/mol. The summed E-state index contributed by atoms with van der Waals surface area (Å²) in [6.45, 7) is 2.07. The van der Waals surface area contributed by atoms with Crippen molar-refractivity contribution in [3.63, 3.8) is 0 Å². The van der Waals surface area contributed by atoms with Crippen molar-refractivity contribution in [1.82, 2.24) is 0 Å². The Morgan fingerprint density at radius 1 is 1.22 bits per heavy atom. The van der Waals surface area contributed by atoms with E-state index in [2.05, 4.69) is 6.92 Å². The van der Waals surface area contributed by atoms with Crippen LogP contribution in [-0.2, 0) is 6.42 Å². The summed E-state index contributed by atoms with van der Waals surface area (Å²) >= 11 is 5.96. The maximum atomic E-state index is 10.7. The van der Waals surface area contributed by atoms with E-state index in [1.165, 1.54) is 0 Å². The molecule has 0 atom stereocenters. The fourth-order valence-electron chi connectivity index (χ4n) is 1.69. The fourth-order valence-corrected chi connectivity index (χ4v) is 1.90. The molecule has 0 fully saturated rings. The van der Waals surface area contributed by atoms with E-state index in [4.69, 9.17) is 16.3 Å². The summed E-state index contributed by atoms with van der Waals surface area (Å²) in [6.07, 6.45) is 1.63. The first-order valence-electron chi connectivity index (χ1n) is 5.75. The van der Waals surface area contributed by atoms with Crippen LogP contribution >= 0.6 is 11.6 Å². The summed E-state index contributed by atoms with van der Waals surface area (Å²) in [6, 6.07) is 12.9. The summed E-state index contributed by atoms with van der Waals surface area (Å²) in [5.41, 5.74) is 1.60.